The van der Waals surface area contributed by atoms with Gasteiger partial charge in [-0.05, 0) is 18.1 Å². The van der Waals surface area contributed by atoms with Crippen LogP contribution in [0.15, 0.2) is 34.2 Å². The fourth-order valence-electron chi connectivity index (χ4n) is 3.01. The van der Waals surface area contributed by atoms with Gasteiger partial charge in [0, 0.05) is 46.8 Å². The van der Waals surface area contributed by atoms with Crippen LogP contribution in [0.5, 0.6) is 0 Å². The summed E-state index contributed by atoms with van der Waals surface area (Å²) >= 11 is 0. The predicted molar refractivity (Wildman–Crippen MR) is 102 cm³/mol. The van der Waals surface area contributed by atoms with Gasteiger partial charge in [-0.2, -0.15) is 13.2 Å². The van der Waals surface area contributed by atoms with Crippen molar-refractivity contribution in [3.8, 4) is 0 Å². The summed E-state index contributed by atoms with van der Waals surface area (Å²) in [4.78, 5) is 5.63. The Kier molecular flexibility index (Phi) is 7.29. The molecule has 1 aromatic rings. The molecule has 1 unspecified atom stereocenters. The third-order valence-electron chi connectivity index (χ3n) is 4.42. The minimum atomic E-state index is -4.21. The lowest BCUT2D eigenvalue weighted by Crippen LogP contribution is -2.45. The lowest BCUT2D eigenvalue weighted by Gasteiger charge is -2.20. The van der Waals surface area contributed by atoms with Crippen LogP contribution in [0.4, 0.5) is 13.2 Å². The minimum absolute atomic E-state index is 0.158. The molecule has 0 radical (unpaired) electrons. The van der Waals surface area contributed by atoms with Gasteiger partial charge < -0.3 is 10.6 Å². The van der Waals surface area contributed by atoms with Crippen molar-refractivity contribution < 1.29 is 21.6 Å². The summed E-state index contributed by atoms with van der Waals surface area (Å²) in [5, 5.41) is 6.14. The second-order valence-corrected chi connectivity index (χ2v) is 8.92. The van der Waals surface area contributed by atoms with Gasteiger partial charge in [-0.15, -0.1) is 0 Å². The summed E-state index contributed by atoms with van der Waals surface area (Å²) < 4.78 is 63.6. The number of likely N-dealkylation sites (tertiary alicyclic amines) is 1. The van der Waals surface area contributed by atoms with Crippen molar-refractivity contribution >= 4 is 16.0 Å². The highest BCUT2D eigenvalue weighted by molar-refractivity contribution is 7.89. The maximum atomic E-state index is 12.5. The standard InChI is InChI=1S/C17H26F3N5O2S/c1-21-16(23-14-8-9-25(11-14)12-17(18,19)20)22-10-13-6-4-5-7-15(13)28(26,27)24(2)3/h4-7,14H,8-12H2,1-3H3,(H2,21,22,23). The van der Waals surface area contributed by atoms with Crippen LogP contribution in [0.25, 0.3) is 0 Å². The molecule has 0 aromatic heterocycles. The van der Waals surface area contributed by atoms with Crippen LogP contribution in [0.1, 0.15) is 12.0 Å². The highest BCUT2D eigenvalue weighted by atomic mass is 32.2. The molecule has 1 saturated heterocycles. The maximum Gasteiger partial charge on any atom is 0.401 e. The van der Waals surface area contributed by atoms with E-state index >= 15 is 0 Å². The van der Waals surface area contributed by atoms with Crippen LogP contribution < -0.4 is 10.6 Å². The number of hydrogen-bond donors (Lipinski definition) is 2. The fraction of sp³-hybridized carbons (Fsp3) is 0.588. The topological polar surface area (TPSA) is 77.0 Å². The highest BCUT2D eigenvalue weighted by Gasteiger charge is 2.34. The zero-order valence-corrected chi connectivity index (χ0v) is 16.9. The molecule has 7 nitrogen and oxygen atoms in total. The molecule has 1 fully saturated rings. The van der Waals surface area contributed by atoms with Gasteiger partial charge in [0.05, 0.1) is 11.4 Å². The molecule has 1 aromatic carbocycles. The van der Waals surface area contributed by atoms with Crippen LogP contribution >= 0.6 is 0 Å². The van der Waals surface area contributed by atoms with Gasteiger partial charge in [0.2, 0.25) is 10.0 Å². The number of hydrogen-bond acceptors (Lipinski definition) is 4. The van der Waals surface area contributed by atoms with E-state index in [1.165, 1.54) is 25.1 Å². The molecule has 1 aliphatic rings. The Morgan fingerprint density at radius 2 is 2.00 bits per heavy atom. The lowest BCUT2D eigenvalue weighted by molar-refractivity contribution is -0.143. The van der Waals surface area contributed by atoms with Crippen LogP contribution in [0.3, 0.4) is 0 Å². The smallest absolute Gasteiger partial charge is 0.352 e. The second-order valence-electron chi connectivity index (χ2n) is 6.80. The van der Waals surface area contributed by atoms with Gasteiger partial charge >= 0.3 is 6.18 Å². The Labute approximate surface area is 163 Å². The third kappa shape index (κ3) is 6.08. The molecule has 0 spiro atoms. The number of benzene rings is 1. The number of nitrogens with zero attached hydrogens (tertiary/aromatic N) is 3. The summed E-state index contributed by atoms with van der Waals surface area (Å²) in [6.45, 7) is -0.0846. The van der Waals surface area contributed by atoms with E-state index in [4.69, 9.17) is 0 Å². The van der Waals surface area contributed by atoms with Gasteiger partial charge in [-0.3, -0.25) is 9.89 Å². The summed E-state index contributed by atoms with van der Waals surface area (Å²) in [6, 6.07) is 6.48. The Bertz CT molecular complexity index is 796. The van der Waals surface area contributed by atoms with E-state index in [2.05, 4.69) is 15.6 Å². The summed E-state index contributed by atoms with van der Waals surface area (Å²) in [5.41, 5.74) is 0.573. The van der Waals surface area contributed by atoms with Gasteiger partial charge in [-0.25, -0.2) is 12.7 Å². The van der Waals surface area contributed by atoms with E-state index in [0.717, 1.165) is 4.31 Å². The van der Waals surface area contributed by atoms with Crippen LogP contribution in [-0.4, -0.2) is 76.6 Å². The second kappa shape index (κ2) is 9.10. The summed E-state index contributed by atoms with van der Waals surface area (Å²) in [6.07, 6.45) is -3.64. The number of sulfonamides is 1. The first-order valence-corrected chi connectivity index (χ1v) is 10.2. The molecule has 0 aliphatic carbocycles. The maximum absolute atomic E-state index is 12.5. The van der Waals surface area contributed by atoms with Crippen molar-refractivity contribution in [3.63, 3.8) is 0 Å². The van der Waals surface area contributed by atoms with Gasteiger partial charge in [-0.1, -0.05) is 18.2 Å². The van der Waals surface area contributed by atoms with Crippen LogP contribution in [0, 0.1) is 0 Å². The number of guanidine groups is 1. The predicted octanol–water partition coefficient (Wildman–Crippen LogP) is 1.24. The van der Waals surface area contributed by atoms with Gasteiger partial charge in [0.15, 0.2) is 5.96 Å². The summed E-state index contributed by atoms with van der Waals surface area (Å²) in [7, 11) is 0.897. The summed E-state index contributed by atoms with van der Waals surface area (Å²) in [5.74, 6) is 0.413. The molecular weight excluding hydrogens is 395 g/mol. The van der Waals surface area contributed by atoms with E-state index in [0.29, 0.717) is 24.5 Å². The van der Waals surface area contributed by atoms with Crippen LogP contribution in [0.2, 0.25) is 0 Å². The number of aliphatic imine (C=N–C) groups is 1. The molecule has 0 saturated carbocycles. The van der Waals surface area contributed by atoms with Crippen molar-refractivity contribution in [2.75, 3.05) is 40.8 Å². The number of alkyl halides is 3. The van der Waals surface area contributed by atoms with E-state index in [-0.39, 0.29) is 24.0 Å². The average molecular weight is 421 g/mol. The quantitative estimate of drug-likeness (QED) is 0.534. The van der Waals surface area contributed by atoms with Crippen molar-refractivity contribution in [2.45, 2.75) is 30.1 Å². The van der Waals surface area contributed by atoms with E-state index in [9.17, 15) is 21.6 Å². The first-order valence-electron chi connectivity index (χ1n) is 8.79. The van der Waals surface area contributed by atoms with Crippen molar-refractivity contribution in [1.29, 1.82) is 0 Å². The van der Waals surface area contributed by atoms with E-state index in [1.54, 1.807) is 25.2 Å². The number of rotatable bonds is 6. The fourth-order valence-corrected chi connectivity index (χ4v) is 4.13. The Morgan fingerprint density at radius 3 is 2.61 bits per heavy atom. The first-order chi connectivity index (χ1) is 13.0. The Balaban J connectivity index is 1.98. The van der Waals surface area contributed by atoms with Gasteiger partial charge in [0.25, 0.3) is 0 Å². The third-order valence-corrected chi connectivity index (χ3v) is 6.33. The lowest BCUT2D eigenvalue weighted by atomic mass is 10.2. The Hall–Kier alpha value is -1.85. The van der Waals surface area contributed by atoms with Crippen LogP contribution in [-0.2, 0) is 16.6 Å². The molecule has 11 heteroatoms. The Morgan fingerprint density at radius 1 is 1.32 bits per heavy atom. The molecule has 0 bridgehead atoms. The largest absolute Gasteiger partial charge is 0.401 e. The molecule has 2 N–H and O–H groups in total. The number of nitrogens with one attached hydrogen (secondary N) is 2. The zero-order valence-electron chi connectivity index (χ0n) is 16.1. The molecule has 2 rings (SSSR count). The molecule has 0 amide bonds. The molecular formula is C17H26F3N5O2S. The first kappa shape index (κ1) is 22.4. The van der Waals surface area contributed by atoms with Crippen molar-refractivity contribution in [2.24, 2.45) is 4.99 Å². The molecule has 158 valence electrons. The van der Waals surface area contributed by atoms with E-state index in [1.807, 2.05) is 0 Å². The minimum Gasteiger partial charge on any atom is -0.352 e. The SMILES string of the molecule is CN=C(NCc1ccccc1S(=O)(=O)N(C)C)NC1CCN(CC(F)(F)F)C1. The van der Waals surface area contributed by atoms with Crippen molar-refractivity contribution in [3.05, 3.63) is 29.8 Å². The van der Waals surface area contributed by atoms with E-state index < -0.39 is 22.7 Å². The average Bonchev–Trinajstić information content (AvgIpc) is 3.03. The normalized spacial score (nSPS) is 19.2. The zero-order chi connectivity index (χ0) is 20.9. The molecule has 1 heterocycles. The van der Waals surface area contributed by atoms with Gasteiger partial charge in [0.1, 0.15) is 0 Å². The molecule has 28 heavy (non-hydrogen) atoms. The highest BCUT2D eigenvalue weighted by Crippen LogP contribution is 2.20. The molecule has 1 aliphatic heterocycles. The number of halogens is 3. The van der Waals surface area contributed by atoms with Crippen molar-refractivity contribution in [1.82, 2.24) is 19.8 Å². The molecule has 1 atom stereocenters. The monoisotopic (exact) mass is 421 g/mol.